The standard InChI is InChI=1S/C14H15N3O5S/c1-8-2-3-10(13-16-14(22-17-13)9-4-5-9)6-11(8)23(20,21)15-7-12(18)19/h2-3,6,9,15H,4-5,7H2,1H3,(H,18,19). The minimum Gasteiger partial charge on any atom is -0.480 e. The number of aryl methyl sites for hydroxylation is 1. The molecule has 23 heavy (non-hydrogen) atoms. The summed E-state index contributed by atoms with van der Waals surface area (Å²) >= 11 is 0. The molecule has 0 radical (unpaired) electrons. The number of benzene rings is 1. The number of nitrogens with one attached hydrogen (secondary N) is 1. The molecule has 0 aliphatic heterocycles. The molecule has 0 unspecified atom stereocenters. The molecule has 1 aliphatic rings. The summed E-state index contributed by atoms with van der Waals surface area (Å²) in [4.78, 5) is 14.8. The van der Waals surface area contributed by atoms with Gasteiger partial charge in [-0.2, -0.15) is 9.71 Å². The minimum atomic E-state index is -3.93. The number of sulfonamides is 1. The highest BCUT2D eigenvalue weighted by Crippen LogP contribution is 2.39. The fraction of sp³-hybridized carbons (Fsp3) is 0.357. The van der Waals surface area contributed by atoms with Gasteiger partial charge in [0.2, 0.25) is 21.7 Å². The zero-order valence-corrected chi connectivity index (χ0v) is 13.1. The average Bonchev–Trinajstić information content (AvgIpc) is 3.23. The third-order valence-electron chi connectivity index (χ3n) is 3.52. The molecule has 0 atom stereocenters. The van der Waals surface area contributed by atoms with Crippen LogP contribution in [0.25, 0.3) is 11.4 Å². The number of carboxylic acid groups (broad SMARTS) is 1. The first-order chi connectivity index (χ1) is 10.9. The number of aromatic nitrogens is 2. The van der Waals surface area contributed by atoms with Crippen LogP contribution >= 0.6 is 0 Å². The first kappa shape index (κ1) is 15.6. The molecule has 0 saturated heterocycles. The van der Waals surface area contributed by atoms with E-state index in [9.17, 15) is 13.2 Å². The van der Waals surface area contributed by atoms with Gasteiger partial charge in [-0.3, -0.25) is 4.79 Å². The van der Waals surface area contributed by atoms with E-state index >= 15 is 0 Å². The predicted molar refractivity (Wildman–Crippen MR) is 79.3 cm³/mol. The van der Waals surface area contributed by atoms with Gasteiger partial charge in [-0.1, -0.05) is 17.3 Å². The van der Waals surface area contributed by atoms with Crippen LogP contribution in [-0.4, -0.2) is 36.2 Å². The maximum absolute atomic E-state index is 12.2. The second-order valence-corrected chi connectivity index (χ2v) is 7.16. The van der Waals surface area contributed by atoms with Crippen molar-refractivity contribution in [3.63, 3.8) is 0 Å². The van der Waals surface area contributed by atoms with Crippen molar-refractivity contribution in [1.29, 1.82) is 0 Å². The molecule has 1 aromatic carbocycles. The topological polar surface area (TPSA) is 122 Å². The molecule has 1 aliphatic carbocycles. The van der Waals surface area contributed by atoms with Gasteiger partial charge in [0, 0.05) is 11.5 Å². The Bertz CT molecular complexity index is 855. The van der Waals surface area contributed by atoms with Crippen LogP contribution in [0.3, 0.4) is 0 Å². The third kappa shape index (κ3) is 3.40. The van der Waals surface area contributed by atoms with Crippen LogP contribution < -0.4 is 4.72 Å². The Balaban J connectivity index is 1.93. The van der Waals surface area contributed by atoms with Crippen molar-refractivity contribution >= 4 is 16.0 Å². The van der Waals surface area contributed by atoms with Crippen molar-refractivity contribution in [3.05, 3.63) is 29.7 Å². The number of nitrogens with zero attached hydrogens (tertiary/aromatic N) is 2. The van der Waals surface area contributed by atoms with Crippen LogP contribution in [0, 0.1) is 6.92 Å². The van der Waals surface area contributed by atoms with Gasteiger partial charge >= 0.3 is 5.97 Å². The predicted octanol–water partition coefficient (Wildman–Crippen LogP) is 1.29. The molecule has 1 heterocycles. The van der Waals surface area contributed by atoms with E-state index in [4.69, 9.17) is 9.63 Å². The molecule has 1 aromatic heterocycles. The molecular formula is C14H15N3O5S. The Kier molecular flexibility index (Phi) is 3.90. The molecule has 2 N–H and O–H groups in total. The Morgan fingerprint density at radius 2 is 2.17 bits per heavy atom. The summed E-state index contributed by atoms with van der Waals surface area (Å²) < 4.78 is 31.7. The van der Waals surface area contributed by atoms with Crippen LogP contribution in [0.4, 0.5) is 0 Å². The van der Waals surface area contributed by atoms with Crippen LogP contribution in [0.2, 0.25) is 0 Å². The van der Waals surface area contributed by atoms with Crippen molar-refractivity contribution in [2.24, 2.45) is 0 Å². The summed E-state index contributed by atoms with van der Waals surface area (Å²) in [6.07, 6.45) is 2.04. The number of rotatable bonds is 6. The van der Waals surface area contributed by atoms with Gasteiger partial charge in [0.15, 0.2) is 0 Å². The summed E-state index contributed by atoms with van der Waals surface area (Å²) in [6, 6.07) is 4.74. The molecule has 9 heteroatoms. The van der Waals surface area contributed by atoms with Crippen molar-refractivity contribution in [3.8, 4) is 11.4 Å². The summed E-state index contributed by atoms with van der Waals surface area (Å²) in [5.41, 5.74) is 1.000. The molecule has 3 rings (SSSR count). The van der Waals surface area contributed by atoms with Gasteiger partial charge < -0.3 is 9.63 Å². The summed E-state index contributed by atoms with van der Waals surface area (Å²) in [5.74, 6) is -0.0627. The van der Waals surface area contributed by atoms with E-state index in [1.54, 1.807) is 19.1 Å². The lowest BCUT2D eigenvalue weighted by Crippen LogP contribution is -2.29. The lowest BCUT2D eigenvalue weighted by Gasteiger charge is -2.09. The van der Waals surface area contributed by atoms with Crippen LogP contribution in [0.1, 0.15) is 30.2 Å². The fourth-order valence-electron chi connectivity index (χ4n) is 2.11. The summed E-state index contributed by atoms with van der Waals surface area (Å²) in [6.45, 7) is 0.949. The first-order valence-electron chi connectivity index (χ1n) is 7.03. The van der Waals surface area contributed by atoms with Gasteiger partial charge in [-0.05, 0) is 31.4 Å². The highest BCUT2D eigenvalue weighted by atomic mass is 32.2. The molecule has 122 valence electrons. The van der Waals surface area contributed by atoms with Crippen molar-refractivity contribution in [1.82, 2.24) is 14.9 Å². The molecule has 0 spiro atoms. The maximum Gasteiger partial charge on any atom is 0.318 e. The van der Waals surface area contributed by atoms with Gasteiger partial charge in [0.25, 0.3) is 0 Å². The number of hydrogen-bond acceptors (Lipinski definition) is 6. The molecule has 0 bridgehead atoms. The normalized spacial score (nSPS) is 14.8. The quantitative estimate of drug-likeness (QED) is 0.814. The van der Waals surface area contributed by atoms with Crippen molar-refractivity contribution in [2.45, 2.75) is 30.6 Å². The molecule has 1 fully saturated rings. The Morgan fingerprint density at radius 1 is 1.43 bits per heavy atom. The van der Waals surface area contributed by atoms with Gasteiger partial charge in [-0.15, -0.1) is 0 Å². The van der Waals surface area contributed by atoms with Gasteiger partial charge in [-0.25, -0.2) is 8.42 Å². The molecular weight excluding hydrogens is 322 g/mol. The molecule has 0 amide bonds. The highest BCUT2D eigenvalue weighted by Gasteiger charge is 2.30. The summed E-state index contributed by atoms with van der Waals surface area (Å²) in [7, 11) is -3.93. The number of carbonyl (C=O) groups is 1. The smallest absolute Gasteiger partial charge is 0.318 e. The van der Waals surface area contributed by atoms with E-state index in [0.717, 1.165) is 12.8 Å². The fourth-order valence-corrected chi connectivity index (χ4v) is 3.35. The molecule has 8 nitrogen and oxygen atoms in total. The first-order valence-corrected chi connectivity index (χ1v) is 8.51. The van der Waals surface area contributed by atoms with Crippen molar-refractivity contribution < 1.29 is 22.8 Å². The monoisotopic (exact) mass is 337 g/mol. The lowest BCUT2D eigenvalue weighted by molar-refractivity contribution is -0.135. The Morgan fingerprint density at radius 3 is 2.83 bits per heavy atom. The number of hydrogen-bond donors (Lipinski definition) is 2. The van der Waals surface area contributed by atoms with Gasteiger partial charge in [0.05, 0.1) is 4.90 Å². The summed E-state index contributed by atoms with van der Waals surface area (Å²) in [5, 5.41) is 12.5. The second-order valence-electron chi connectivity index (χ2n) is 5.43. The average molecular weight is 337 g/mol. The van der Waals surface area contributed by atoms with Gasteiger partial charge in [0.1, 0.15) is 6.54 Å². The van der Waals surface area contributed by atoms with E-state index in [1.807, 2.05) is 4.72 Å². The number of aliphatic carboxylic acids is 1. The largest absolute Gasteiger partial charge is 0.480 e. The maximum atomic E-state index is 12.2. The van der Waals surface area contributed by atoms with Crippen molar-refractivity contribution in [2.75, 3.05) is 6.54 Å². The van der Waals surface area contributed by atoms with E-state index in [2.05, 4.69) is 10.1 Å². The Hall–Kier alpha value is -2.26. The van der Waals surface area contributed by atoms with E-state index in [1.165, 1.54) is 6.07 Å². The Labute approximate surface area is 132 Å². The van der Waals surface area contributed by atoms with Crippen LogP contribution in [0.15, 0.2) is 27.6 Å². The van der Waals surface area contributed by atoms with E-state index in [0.29, 0.717) is 28.8 Å². The van der Waals surface area contributed by atoms with E-state index in [-0.39, 0.29) is 4.90 Å². The molecule has 1 saturated carbocycles. The lowest BCUT2D eigenvalue weighted by atomic mass is 10.1. The third-order valence-corrected chi connectivity index (χ3v) is 5.06. The van der Waals surface area contributed by atoms with Crippen LogP contribution in [0.5, 0.6) is 0 Å². The zero-order chi connectivity index (χ0) is 16.6. The van der Waals surface area contributed by atoms with E-state index < -0.39 is 22.5 Å². The number of carboxylic acids is 1. The molecule has 2 aromatic rings. The highest BCUT2D eigenvalue weighted by molar-refractivity contribution is 7.89. The van der Waals surface area contributed by atoms with Crippen LogP contribution in [-0.2, 0) is 14.8 Å². The SMILES string of the molecule is Cc1ccc(-c2noc(C3CC3)n2)cc1S(=O)(=O)NCC(=O)O. The second kappa shape index (κ2) is 5.74. The zero-order valence-electron chi connectivity index (χ0n) is 12.3. The minimum absolute atomic E-state index is 0.00554.